The van der Waals surface area contributed by atoms with Crippen LogP contribution in [-0.2, 0) is 6.61 Å². The smallest absolute Gasteiger partial charge is 0.140 e. The molecule has 2 rings (SSSR count). The fraction of sp³-hybridized carbons (Fsp3) is 0.556. The zero-order chi connectivity index (χ0) is 10.1. The molecule has 1 aliphatic rings. The first kappa shape index (κ1) is 9.68. The van der Waals surface area contributed by atoms with Crippen LogP contribution < -0.4 is 4.90 Å². The lowest BCUT2D eigenvalue weighted by Crippen LogP contribution is -2.22. The van der Waals surface area contributed by atoms with E-state index in [9.17, 15) is 0 Å². The zero-order valence-corrected chi connectivity index (χ0v) is 8.70. The van der Waals surface area contributed by atoms with Crippen molar-refractivity contribution in [2.24, 2.45) is 0 Å². The molecule has 0 unspecified atom stereocenters. The van der Waals surface area contributed by atoms with E-state index in [1.54, 1.807) is 0 Å². The standard InChI is InChI=1S/C9H12ClN3O/c1-13(6-2-3-6)9-7(4-14)8(10)11-5-12-9/h5-6,14H,2-4H2,1H3. The number of rotatable bonds is 3. The molecule has 0 spiro atoms. The van der Waals surface area contributed by atoms with Gasteiger partial charge in [-0.2, -0.15) is 0 Å². The Kier molecular flexibility index (Phi) is 2.56. The normalized spacial score (nSPS) is 15.6. The van der Waals surface area contributed by atoms with Gasteiger partial charge in [0.2, 0.25) is 0 Å². The molecule has 1 saturated carbocycles. The maximum Gasteiger partial charge on any atom is 0.140 e. The highest BCUT2D eigenvalue weighted by Gasteiger charge is 2.28. The fourth-order valence-electron chi connectivity index (χ4n) is 1.46. The lowest BCUT2D eigenvalue weighted by atomic mass is 10.3. The average molecular weight is 214 g/mol. The van der Waals surface area contributed by atoms with Crippen LogP contribution in [0, 0.1) is 0 Å². The van der Waals surface area contributed by atoms with E-state index < -0.39 is 0 Å². The second kappa shape index (κ2) is 3.71. The van der Waals surface area contributed by atoms with Crippen LogP contribution in [0.4, 0.5) is 5.82 Å². The molecule has 0 saturated heterocycles. The number of halogens is 1. The Morgan fingerprint density at radius 1 is 1.57 bits per heavy atom. The Balaban J connectivity index is 2.35. The Morgan fingerprint density at radius 2 is 2.29 bits per heavy atom. The van der Waals surface area contributed by atoms with Gasteiger partial charge in [0.05, 0.1) is 12.2 Å². The third-order valence-electron chi connectivity index (χ3n) is 2.46. The van der Waals surface area contributed by atoms with Crippen molar-refractivity contribution in [2.45, 2.75) is 25.5 Å². The summed E-state index contributed by atoms with van der Waals surface area (Å²) in [6.07, 6.45) is 3.79. The van der Waals surface area contributed by atoms with Crippen LogP contribution >= 0.6 is 11.6 Å². The Hall–Kier alpha value is -0.870. The number of hydrogen-bond acceptors (Lipinski definition) is 4. The Morgan fingerprint density at radius 3 is 2.86 bits per heavy atom. The second-order valence-electron chi connectivity index (χ2n) is 3.47. The summed E-state index contributed by atoms with van der Waals surface area (Å²) in [4.78, 5) is 10.0. The second-order valence-corrected chi connectivity index (χ2v) is 3.82. The van der Waals surface area contributed by atoms with Gasteiger partial charge in [0.25, 0.3) is 0 Å². The van der Waals surface area contributed by atoms with Crippen LogP contribution in [0.25, 0.3) is 0 Å². The Labute approximate surface area is 87.5 Å². The summed E-state index contributed by atoms with van der Waals surface area (Å²) in [6.45, 7) is -0.119. The topological polar surface area (TPSA) is 49.2 Å². The van der Waals surface area contributed by atoms with Crippen LogP contribution in [0.15, 0.2) is 6.33 Å². The highest BCUT2D eigenvalue weighted by molar-refractivity contribution is 6.30. The molecule has 0 bridgehead atoms. The molecule has 0 radical (unpaired) electrons. The lowest BCUT2D eigenvalue weighted by Gasteiger charge is -2.19. The van der Waals surface area contributed by atoms with Gasteiger partial charge in [-0.15, -0.1) is 0 Å². The highest BCUT2D eigenvalue weighted by Crippen LogP contribution is 2.32. The largest absolute Gasteiger partial charge is 0.391 e. The van der Waals surface area contributed by atoms with Crippen molar-refractivity contribution < 1.29 is 5.11 Å². The van der Waals surface area contributed by atoms with E-state index in [0.717, 1.165) is 5.82 Å². The van der Waals surface area contributed by atoms with E-state index in [-0.39, 0.29) is 6.61 Å². The number of aliphatic hydroxyl groups is 1. The van der Waals surface area contributed by atoms with Gasteiger partial charge in [-0.1, -0.05) is 11.6 Å². The first-order valence-electron chi connectivity index (χ1n) is 4.57. The number of aromatic nitrogens is 2. The summed E-state index contributed by atoms with van der Waals surface area (Å²) in [7, 11) is 1.97. The minimum atomic E-state index is -0.119. The van der Waals surface area contributed by atoms with E-state index >= 15 is 0 Å². The van der Waals surface area contributed by atoms with Crippen molar-refractivity contribution in [1.82, 2.24) is 9.97 Å². The SMILES string of the molecule is CN(c1ncnc(Cl)c1CO)C1CC1. The van der Waals surface area contributed by atoms with Crippen LogP contribution in [0.3, 0.4) is 0 Å². The monoisotopic (exact) mass is 213 g/mol. The third-order valence-corrected chi connectivity index (χ3v) is 2.78. The molecule has 14 heavy (non-hydrogen) atoms. The molecular formula is C9H12ClN3O. The molecular weight excluding hydrogens is 202 g/mol. The number of nitrogens with zero attached hydrogens (tertiary/aromatic N) is 3. The zero-order valence-electron chi connectivity index (χ0n) is 7.94. The maximum atomic E-state index is 9.16. The summed E-state index contributed by atoms with van der Waals surface area (Å²) in [5.41, 5.74) is 0.614. The van der Waals surface area contributed by atoms with Gasteiger partial charge in [0.1, 0.15) is 17.3 Å². The minimum absolute atomic E-state index is 0.119. The van der Waals surface area contributed by atoms with Crippen molar-refractivity contribution in [2.75, 3.05) is 11.9 Å². The van der Waals surface area contributed by atoms with Crippen molar-refractivity contribution in [3.8, 4) is 0 Å². The van der Waals surface area contributed by atoms with Gasteiger partial charge in [-0.05, 0) is 12.8 Å². The number of aliphatic hydroxyl groups excluding tert-OH is 1. The van der Waals surface area contributed by atoms with E-state index in [1.807, 2.05) is 7.05 Å². The summed E-state index contributed by atoms with van der Waals surface area (Å²) in [6, 6.07) is 0.547. The van der Waals surface area contributed by atoms with E-state index in [4.69, 9.17) is 16.7 Å². The van der Waals surface area contributed by atoms with Gasteiger partial charge in [0, 0.05) is 13.1 Å². The van der Waals surface area contributed by atoms with Crippen LogP contribution in [0.1, 0.15) is 18.4 Å². The molecule has 1 heterocycles. The van der Waals surface area contributed by atoms with Crippen molar-refractivity contribution in [3.63, 3.8) is 0 Å². The molecule has 76 valence electrons. The summed E-state index contributed by atoms with van der Waals surface area (Å²) in [5, 5.41) is 9.50. The van der Waals surface area contributed by atoms with E-state index in [1.165, 1.54) is 19.2 Å². The third kappa shape index (κ3) is 1.67. The molecule has 1 aliphatic carbocycles. The molecule has 0 aromatic carbocycles. The molecule has 4 nitrogen and oxygen atoms in total. The number of anilines is 1. The van der Waals surface area contributed by atoms with Crippen molar-refractivity contribution >= 4 is 17.4 Å². The summed E-state index contributed by atoms with van der Waals surface area (Å²) < 4.78 is 0. The van der Waals surface area contributed by atoms with Crippen LogP contribution in [-0.4, -0.2) is 28.2 Å². The molecule has 0 atom stereocenters. The molecule has 1 aromatic heterocycles. The van der Waals surface area contributed by atoms with Gasteiger partial charge in [-0.25, -0.2) is 9.97 Å². The first-order chi connectivity index (χ1) is 6.74. The van der Waals surface area contributed by atoms with Crippen LogP contribution in [0.2, 0.25) is 5.15 Å². The van der Waals surface area contributed by atoms with E-state index in [0.29, 0.717) is 16.8 Å². The Bertz CT molecular complexity index is 341. The average Bonchev–Trinajstić information content (AvgIpc) is 2.99. The molecule has 0 aliphatic heterocycles. The van der Waals surface area contributed by atoms with Gasteiger partial charge >= 0.3 is 0 Å². The van der Waals surface area contributed by atoms with Gasteiger partial charge in [-0.3, -0.25) is 0 Å². The molecule has 0 amide bonds. The highest BCUT2D eigenvalue weighted by atomic mass is 35.5. The van der Waals surface area contributed by atoms with Gasteiger partial charge in [0.15, 0.2) is 0 Å². The molecule has 5 heteroatoms. The fourth-order valence-corrected chi connectivity index (χ4v) is 1.64. The summed E-state index contributed by atoms with van der Waals surface area (Å²) in [5.74, 6) is 0.745. The minimum Gasteiger partial charge on any atom is -0.391 e. The van der Waals surface area contributed by atoms with Crippen molar-refractivity contribution in [1.29, 1.82) is 0 Å². The van der Waals surface area contributed by atoms with Crippen LogP contribution in [0.5, 0.6) is 0 Å². The van der Waals surface area contributed by atoms with Crippen molar-refractivity contribution in [3.05, 3.63) is 17.0 Å². The molecule has 1 N–H and O–H groups in total. The predicted molar refractivity (Wildman–Crippen MR) is 54.4 cm³/mol. The van der Waals surface area contributed by atoms with E-state index in [2.05, 4.69) is 14.9 Å². The maximum absolute atomic E-state index is 9.16. The first-order valence-corrected chi connectivity index (χ1v) is 4.95. The molecule has 1 fully saturated rings. The van der Waals surface area contributed by atoms with Gasteiger partial charge < -0.3 is 10.0 Å². The summed E-state index contributed by atoms with van der Waals surface area (Å²) >= 11 is 5.86. The quantitative estimate of drug-likeness (QED) is 0.768. The number of hydrogen-bond donors (Lipinski definition) is 1. The molecule has 1 aromatic rings. The predicted octanol–water partition coefficient (Wildman–Crippen LogP) is 1.22. The lowest BCUT2D eigenvalue weighted by molar-refractivity contribution is 0.281.